The Labute approximate surface area is 134 Å². The van der Waals surface area contributed by atoms with Gasteiger partial charge in [-0.3, -0.25) is 4.79 Å². The van der Waals surface area contributed by atoms with Gasteiger partial charge in [0.2, 0.25) is 0 Å². The lowest BCUT2D eigenvalue weighted by molar-refractivity contribution is -0.156. The van der Waals surface area contributed by atoms with E-state index in [0.29, 0.717) is 18.8 Å². The van der Waals surface area contributed by atoms with Crippen LogP contribution in [-0.4, -0.2) is 31.2 Å². The second kappa shape index (κ2) is 6.59. The molecule has 1 atom stereocenters. The molecule has 0 saturated carbocycles. The third-order valence-corrected chi connectivity index (χ3v) is 5.45. The van der Waals surface area contributed by atoms with Crippen LogP contribution in [-0.2, 0) is 20.7 Å². The second-order valence-electron chi connectivity index (χ2n) is 6.07. The predicted molar refractivity (Wildman–Crippen MR) is 84.3 cm³/mol. The lowest BCUT2D eigenvalue weighted by atomic mass is 9.78. The average molecular weight is 353 g/mol. The zero-order chi connectivity index (χ0) is 14.7. The highest BCUT2D eigenvalue weighted by Gasteiger charge is 2.40. The van der Waals surface area contributed by atoms with Crippen molar-refractivity contribution in [2.45, 2.75) is 37.7 Å². The average Bonchev–Trinajstić information content (AvgIpc) is 2.50. The molecule has 2 fully saturated rings. The number of carbonyl (C=O) groups excluding carboxylic acids is 1. The Kier molecular flexibility index (Phi) is 4.77. The van der Waals surface area contributed by atoms with Gasteiger partial charge in [0.05, 0.1) is 5.60 Å². The number of rotatable bonds is 3. The number of hydrogen-bond donors (Lipinski definition) is 0. The number of halogens is 1. The summed E-state index contributed by atoms with van der Waals surface area (Å²) in [5, 5.41) is 0. The summed E-state index contributed by atoms with van der Waals surface area (Å²) in [5.41, 5.74) is 0.972. The summed E-state index contributed by atoms with van der Waals surface area (Å²) in [6.45, 7) is 2.21. The maximum atomic E-state index is 12.6. The maximum absolute atomic E-state index is 12.6. The van der Waals surface area contributed by atoms with Gasteiger partial charge in [-0.1, -0.05) is 34.1 Å². The highest BCUT2D eigenvalue weighted by atomic mass is 79.9. The molecule has 114 valence electrons. The van der Waals surface area contributed by atoms with Crippen LogP contribution in [0.1, 0.15) is 31.2 Å². The van der Waals surface area contributed by atoms with Crippen LogP contribution in [0.5, 0.6) is 0 Å². The molecule has 21 heavy (non-hydrogen) atoms. The number of Topliss-reactive ketones (excluding diaryl/α,β-unsaturated/α-hetero) is 1. The van der Waals surface area contributed by atoms with Crippen molar-refractivity contribution in [3.63, 3.8) is 0 Å². The summed E-state index contributed by atoms with van der Waals surface area (Å²) in [5.74, 6) is 0.472. The maximum Gasteiger partial charge on any atom is 0.140 e. The molecule has 2 saturated heterocycles. The van der Waals surface area contributed by atoms with E-state index in [2.05, 4.69) is 15.9 Å². The largest absolute Gasteiger partial charge is 0.381 e. The summed E-state index contributed by atoms with van der Waals surface area (Å²) in [6, 6.07) is 7.97. The van der Waals surface area contributed by atoms with Gasteiger partial charge < -0.3 is 9.47 Å². The Morgan fingerprint density at radius 1 is 1.24 bits per heavy atom. The Hall–Kier alpha value is -0.710. The molecule has 1 unspecified atom stereocenters. The van der Waals surface area contributed by atoms with Crippen LogP contribution >= 0.6 is 15.9 Å². The van der Waals surface area contributed by atoms with Gasteiger partial charge in [-0.05, 0) is 37.3 Å². The Balaban J connectivity index is 1.66. The van der Waals surface area contributed by atoms with Gasteiger partial charge in [0, 0.05) is 36.6 Å². The van der Waals surface area contributed by atoms with E-state index in [1.807, 2.05) is 24.3 Å². The minimum atomic E-state index is -0.106. The molecule has 1 spiro atoms. The first-order chi connectivity index (χ1) is 10.2. The molecule has 2 aliphatic rings. The lowest BCUT2D eigenvalue weighted by Crippen LogP contribution is -2.46. The topological polar surface area (TPSA) is 35.5 Å². The van der Waals surface area contributed by atoms with Crippen molar-refractivity contribution in [1.82, 2.24) is 0 Å². The van der Waals surface area contributed by atoms with Gasteiger partial charge in [-0.15, -0.1) is 0 Å². The molecular weight excluding hydrogens is 332 g/mol. The normalized spacial score (nSPS) is 24.9. The van der Waals surface area contributed by atoms with E-state index in [1.54, 1.807) is 0 Å². The fourth-order valence-electron chi connectivity index (χ4n) is 3.37. The van der Waals surface area contributed by atoms with Crippen LogP contribution in [0, 0.1) is 5.92 Å². The summed E-state index contributed by atoms with van der Waals surface area (Å²) in [6.07, 6.45) is 4.07. The molecule has 0 aromatic heterocycles. The third-order valence-electron chi connectivity index (χ3n) is 4.67. The predicted octanol–water partition coefficient (Wildman–Crippen LogP) is 3.54. The second-order valence-corrected chi connectivity index (χ2v) is 6.92. The molecule has 2 aliphatic heterocycles. The van der Waals surface area contributed by atoms with Crippen LogP contribution in [0.15, 0.2) is 28.7 Å². The van der Waals surface area contributed by atoms with Crippen molar-refractivity contribution >= 4 is 21.7 Å². The SMILES string of the molecule is O=C(Cc1ccccc1Br)C1CCOC2(CCOCC2)C1. The summed E-state index contributed by atoms with van der Waals surface area (Å²) in [4.78, 5) is 12.6. The van der Waals surface area contributed by atoms with Crippen molar-refractivity contribution in [2.24, 2.45) is 5.92 Å². The molecule has 0 bridgehead atoms. The van der Waals surface area contributed by atoms with Crippen LogP contribution in [0.3, 0.4) is 0 Å². The first kappa shape index (κ1) is 15.2. The zero-order valence-electron chi connectivity index (χ0n) is 12.1. The van der Waals surface area contributed by atoms with E-state index in [4.69, 9.17) is 9.47 Å². The molecule has 0 aliphatic carbocycles. The third kappa shape index (κ3) is 3.55. The first-order valence-corrected chi connectivity index (χ1v) is 8.46. The van der Waals surface area contributed by atoms with Crippen molar-refractivity contribution in [3.05, 3.63) is 34.3 Å². The van der Waals surface area contributed by atoms with Gasteiger partial charge in [0.25, 0.3) is 0 Å². The van der Waals surface area contributed by atoms with E-state index in [-0.39, 0.29) is 11.5 Å². The lowest BCUT2D eigenvalue weighted by Gasteiger charge is -2.43. The zero-order valence-corrected chi connectivity index (χ0v) is 13.7. The highest BCUT2D eigenvalue weighted by Crippen LogP contribution is 2.37. The molecule has 3 rings (SSSR count). The molecule has 0 radical (unpaired) electrons. The Morgan fingerprint density at radius 2 is 2.00 bits per heavy atom. The first-order valence-electron chi connectivity index (χ1n) is 7.66. The molecule has 1 aromatic rings. The smallest absolute Gasteiger partial charge is 0.140 e. The van der Waals surface area contributed by atoms with Crippen molar-refractivity contribution in [3.8, 4) is 0 Å². The molecule has 0 amide bonds. The van der Waals surface area contributed by atoms with E-state index in [0.717, 1.165) is 48.9 Å². The van der Waals surface area contributed by atoms with E-state index in [1.165, 1.54) is 0 Å². The van der Waals surface area contributed by atoms with Crippen LogP contribution < -0.4 is 0 Å². The number of carbonyl (C=O) groups is 1. The van der Waals surface area contributed by atoms with Crippen molar-refractivity contribution in [2.75, 3.05) is 19.8 Å². The van der Waals surface area contributed by atoms with E-state index in [9.17, 15) is 4.79 Å². The summed E-state index contributed by atoms with van der Waals surface area (Å²) < 4.78 is 12.5. The minimum Gasteiger partial charge on any atom is -0.381 e. The molecular formula is C17H21BrO3. The highest BCUT2D eigenvalue weighted by molar-refractivity contribution is 9.10. The summed E-state index contributed by atoms with van der Waals surface area (Å²) >= 11 is 3.53. The number of ketones is 1. The van der Waals surface area contributed by atoms with Gasteiger partial charge in [0.15, 0.2) is 0 Å². The monoisotopic (exact) mass is 352 g/mol. The number of ether oxygens (including phenoxy) is 2. The molecule has 4 heteroatoms. The van der Waals surface area contributed by atoms with Gasteiger partial charge in [-0.2, -0.15) is 0 Å². The van der Waals surface area contributed by atoms with Gasteiger partial charge in [0.1, 0.15) is 5.78 Å². The Morgan fingerprint density at radius 3 is 2.76 bits per heavy atom. The fraction of sp³-hybridized carbons (Fsp3) is 0.588. The van der Waals surface area contributed by atoms with Crippen molar-refractivity contribution in [1.29, 1.82) is 0 Å². The number of hydrogen-bond acceptors (Lipinski definition) is 3. The van der Waals surface area contributed by atoms with Crippen molar-refractivity contribution < 1.29 is 14.3 Å². The van der Waals surface area contributed by atoms with Gasteiger partial charge in [-0.25, -0.2) is 0 Å². The molecule has 3 nitrogen and oxygen atoms in total. The van der Waals surface area contributed by atoms with E-state index >= 15 is 0 Å². The van der Waals surface area contributed by atoms with E-state index < -0.39 is 0 Å². The molecule has 1 aromatic carbocycles. The van der Waals surface area contributed by atoms with Crippen LogP contribution in [0.2, 0.25) is 0 Å². The number of benzene rings is 1. The van der Waals surface area contributed by atoms with Crippen LogP contribution in [0.4, 0.5) is 0 Å². The summed E-state index contributed by atoms with van der Waals surface area (Å²) in [7, 11) is 0. The van der Waals surface area contributed by atoms with Gasteiger partial charge >= 0.3 is 0 Å². The fourth-order valence-corrected chi connectivity index (χ4v) is 3.79. The minimum absolute atomic E-state index is 0.106. The molecule has 0 N–H and O–H groups in total. The quantitative estimate of drug-likeness (QED) is 0.834. The molecule has 2 heterocycles. The van der Waals surface area contributed by atoms with Crippen LogP contribution in [0.25, 0.3) is 0 Å². The standard InChI is InChI=1S/C17H21BrO3/c18-15-4-2-1-3-13(15)11-16(19)14-5-8-21-17(12-14)6-9-20-10-7-17/h1-4,14H,5-12H2. The Bertz CT molecular complexity index is 503.